The fourth-order valence-electron chi connectivity index (χ4n) is 1.08. The molecule has 0 amide bonds. The Hall–Kier alpha value is -0.690. The summed E-state index contributed by atoms with van der Waals surface area (Å²) in [6.45, 7) is 0.230. The lowest BCUT2D eigenvalue weighted by molar-refractivity contribution is 0.296. The second-order valence-electron chi connectivity index (χ2n) is 3.05. The van der Waals surface area contributed by atoms with Crippen LogP contribution in [0.2, 0.25) is 5.02 Å². The molecule has 0 aliphatic heterocycles. The largest absolute Gasteiger partial charge is 0.396 e. The van der Waals surface area contributed by atoms with Crippen LogP contribution < -0.4 is 0 Å². The minimum absolute atomic E-state index is 0.230. The predicted octanol–water partition coefficient (Wildman–Crippen LogP) is 2.83. The topological polar surface area (TPSA) is 44.0 Å². The number of aliphatic hydroxyl groups excluding tert-OH is 1. The van der Waals surface area contributed by atoms with Crippen molar-refractivity contribution in [2.75, 3.05) is 12.4 Å². The summed E-state index contributed by atoms with van der Waals surface area (Å²) < 4.78 is 0. The second kappa shape index (κ2) is 6.73. The van der Waals surface area contributed by atoms with Crippen molar-refractivity contribution in [2.45, 2.75) is 12.2 Å². The number of halogens is 1. The van der Waals surface area contributed by atoms with Crippen LogP contribution in [0.25, 0.3) is 0 Å². The third-order valence-electron chi connectivity index (χ3n) is 1.89. The van der Waals surface area contributed by atoms with E-state index in [0.717, 1.165) is 23.5 Å². The fraction of sp³-hybridized carbons (Fsp3) is 0.364. The van der Waals surface area contributed by atoms with Crippen LogP contribution in [-0.2, 0) is 5.75 Å². The molecule has 0 bridgehead atoms. The maximum absolute atomic E-state index is 8.66. The average Bonchev–Trinajstić information content (AvgIpc) is 2.26. The molecule has 0 heterocycles. The van der Waals surface area contributed by atoms with Crippen molar-refractivity contribution in [1.29, 1.82) is 5.26 Å². The van der Waals surface area contributed by atoms with E-state index in [1.807, 2.05) is 12.1 Å². The molecule has 1 aromatic carbocycles. The number of hydrogen-bond acceptors (Lipinski definition) is 3. The van der Waals surface area contributed by atoms with Gasteiger partial charge in [0.1, 0.15) is 0 Å². The lowest BCUT2D eigenvalue weighted by atomic mass is 10.2. The Bertz CT molecular complexity index is 362. The van der Waals surface area contributed by atoms with Crippen LogP contribution in [0.4, 0.5) is 0 Å². The maximum Gasteiger partial charge on any atom is 0.0992 e. The molecule has 4 heteroatoms. The van der Waals surface area contributed by atoms with Gasteiger partial charge in [0.2, 0.25) is 0 Å². The van der Waals surface area contributed by atoms with Crippen LogP contribution in [0, 0.1) is 11.3 Å². The van der Waals surface area contributed by atoms with Gasteiger partial charge in [-0.15, -0.1) is 0 Å². The maximum atomic E-state index is 8.66. The van der Waals surface area contributed by atoms with Gasteiger partial charge in [-0.25, -0.2) is 0 Å². The summed E-state index contributed by atoms with van der Waals surface area (Å²) in [5, 5.41) is 17.9. The smallest absolute Gasteiger partial charge is 0.0992 e. The minimum Gasteiger partial charge on any atom is -0.396 e. The van der Waals surface area contributed by atoms with Gasteiger partial charge in [-0.3, -0.25) is 0 Å². The van der Waals surface area contributed by atoms with Crippen molar-refractivity contribution < 1.29 is 5.11 Å². The first-order valence-electron chi connectivity index (χ1n) is 4.65. The Kier molecular flexibility index (Phi) is 5.56. The van der Waals surface area contributed by atoms with Crippen molar-refractivity contribution in [3.05, 3.63) is 34.3 Å². The van der Waals surface area contributed by atoms with Gasteiger partial charge in [-0.1, -0.05) is 17.7 Å². The van der Waals surface area contributed by atoms with Crippen LogP contribution in [0.3, 0.4) is 0 Å². The molecule has 0 aliphatic carbocycles. The molecule has 1 N–H and O–H groups in total. The Morgan fingerprint density at radius 2 is 2.27 bits per heavy atom. The summed E-state index contributed by atoms with van der Waals surface area (Å²) in [4.78, 5) is 0. The summed E-state index contributed by atoms with van der Waals surface area (Å²) in [6, 6.07) is 7.38. The molecule has 0 saturated carbocycles. The SMILES string of the molecule is N#Cc1ccc(CSCCCO)c(Cl)c1. The molecule has 1 aromatic rings. The molecule has 80 valence electrons. The number of hydrogen-bond donors (Lipinski definition) is 1. The summed E-state index contributed by atoms with van der Waals surface area (Å²) in [5.74, 6) is 1.75. The summed E-state index contributed by atoms with van der Waals surface area (Å²) in [5.41, 5.74) is 1.63. The monoisotopic (exact) mass is 241 g/mol. The molecule has 0 spiro atoms. The first-order chi connectivity index (χ1) is 7.27. The number of aliphatic hydroxyl groups is 1. The second-order valence-corrected chi connectivity index (χ2v) is 4.56. The first-order valence-corrected chi connectivity index (χ1v) is 6.18. The molecule has 0 atom stereocenters. The van der Waals surface area contributed by atoms with Gasteiger partial charge >= 0.3 is 0 Å². The highest BCUT2D eigenvalue weighted by Crippen LogP contribution is 2.22. The number of thioether (sulfide) groups is 1. The lowest BCUT2D eigenvalue weighted by Gasteiger charge is -2.03. The van der Waals surface area contributed by atoms with E-state index in [1.54, 1.807) is 23.9 Å². The van der Waals surface area contributed by atoms with E-state index in [2.05, 4.69) is 0 Å². The van der Waals surface area contributed by atoms with E-state index in [-0.39, 0.29) is 6.61 Å². The van der Waals surface area contributed by atoms with E-state index in [0.29, 0.717) is 10.6 Å². The van der Waals surface area contributed by atoms with Gasteiger partial charge < -0.3 is 5.11 Å². The predicted molar refractivity (Wildman–Crippen MR) is 64.0 cm³/mol. The number of benzene rings is 1. The van der Waals surface area contributed by atoms with Gasteiger partial charge in [0, 0.05) is 17.4 Å². The van der Waals surface area contributed by atoms with Crippen molar-refractivity contribution in [3.8, 4) is 6.07 Å². The molecule has 0 unspecified atom stereocenters. The first kappa shape index (κ1) is 12.4. The quantitative estimate of drug-likeness (QED) is 0.807. The van der Waals surface area contributed by atoms with Crippen LogP contribution >= 0.6 is 23.4 Å². The van der Waals surface area contributed by atoms with Crippen LogP contribution in [0.5, 0.6) is 0 Å². The summed E-state index contributed by atoms with van der Waals surface area (Å²) >= 11 is 7.74. The van der Waals surface area contributed by atoms with Gasteiger partial charge in [0.25, 0.3) is 0 Å². The standard InChI is InChI=1S/C11H12ClNOS/c12-11-6-9(7-13)2-3-10(11)8-15-5-1-4-14/h2-3,6,14H,1,4-5,8H2. The molecule has 0 aromatic heterocycles. The highest BCUT2D eigenvalue weighted by molar-refractivity contribution is 7.98. The Morgan fingerprint density at radius 3 is 2.87 bits per heavy atom. The van der Waals surface area contributed by atoms with Gasteiger partial charge in [0.05, 0.1) is 11.6 Å². The van der Waals surface area contributed by atoms with Crippen molar-refractivity contribution in [1.82, 2.24) is 0 Å². The summed E-state index contributed by atoms with van der Waals surface area (Å²) in [6.07, 6.45) is 0.804. The Morgan fingerprint density at radius 1 is 1.47 bits per heavy atom. The van der Waals surface area contributed by atoms with Crippen LogP contribution in [0.15, 0.2) is 18.2 Å². The zero-order valence-corrected chi connectivity index (χ0v) is 9.81. The van der Waals surface area contributed by atoms with E-state index in [9.17, 15) is 0 Å². The van der Waals surface area contributed by atoms with Crippen LogP contribution in [-0.4, -0.2) is 17.5 Å². The average molecular weight is 242 g/mol. The van der Waals surface area contributed by atoms with Gasteiger partial charge in [0.15, 0.2) is 0 Å². The molecule has 15 heavy (non-hydrogen) atoms. The molecule has 0 aliphatic rings. The third-order valence-corrected chi connectivity index (χ3v) is 3.33. The third kappa shape index (κ3) is 4.13. The highest BCUT2D eigenvalue weighted by Gasteiger charge is 2.01. The van der Waals surface area contributed by atoms with Crippen molar-refractivity contribution >= 4 is 23.4 Å². The molecule has 0 saturated heterocycles. The molecule has 0 fully saturated rings. The molecule has 1 rings (SSSR count). The Labute approximate surface area is 98.9 Å². The van der Waals surface area contributed by atoms with E-state index in [4.69, 9.17) is 22.0 Å². The molecule has 0 radical (unpaired) electrons. The molecular weight excluding hydrogens is 230 g/mol. The van der Waals surface area contributed by atoms with Crippen molar-refractivity contribution in [3.63, 3.8) is 0 Å². The van der Waals surface area contributed by atoms with Gasteiger partial charge in [-0.05, 0) is 29.9 Å². The van der Waals surface area contributed by atoms with Crippen molar-refractivity contribution in [2.24, 2.45) is 0 Å². The van der Waals surface area contributed by atoms with E-state index < -0.39 is 0 Å². The van der Waals surface area contributed by atoms with E-state index in [1.165, 1.54) is 0 Å². The lowest BCUT2D eigenvalue weighted by Crippen LogP contribution is -1.89. The Balaban J connectivity index is 2.52. The zero-order valence-electron chi connectivity index (χ0n) is 8.24. The van der Waals surface area contributed by atoms with Crippen LogP contribution in [0.1, 0.15) is 17.5 Å². The van der Waals surface area contributed by atoms with E-state index >= 15 is 0 Å². The molecule has 2 nitrogen and oxygen atoms in total. The van der Waals surface area contributed by atoms with Gasteiger partial charge in [-0.2, -0.15) is 17.0 Å². The number of nitriles is 1. The minimum atomic E-state index is 0.230. The fourth-order valence-corrected chi connectivity index (χ4v) is 2.36. The zero-order chi connectivity index (χ0) is 11.1. The highest BCUT2D eigenvalue weighted by atomic mass is 35.5. The summed E-state index contributed by atoms with van der Waals surface area (Å²) in [7, 11) is 0. The molecular formula is C11H12ClNOS. The number of rotatable bonds is 5. The number of nitrogens with zero attached hydrogens (tertiary/aromatic N) is 1. The normalized spacial score (nSPS) is 9.93.